The number of hydrogen-bond acceptors (Lipinski definition) is 6. The minimum Gasteiger partial charge on any atom is -0.508 e. The van der Waals surface area contributed by atoms with Crippen LogP contribution in [0.25, 0.3) is 24.3 Å². The molecular formula is C24H22O6. The van der Waals surface area contributed by atoms with Crippen LogP contribution in [0, 0.1) is 6.92 Å². The first-order valence-electron chi connectivity index (χ1n) is 9.16. The number of aromatic hydroxyl groups is 5. The van der Waals surface area contributed by atoms with Crippen molar-refractivity contribution in [2.24, 2.45) is 0 Å². The second-order valence-corrected chi connectivity index (χ2v) is 6.86. The Morgan fingerprint density at radius 1 is 0.633 bits per heavy atom. The highest BCUT2D eigenvalue weighted by atomic mass is 16.3. The van der Waals surface area contributed by atoms with Crippen molar-refractivity contribution in [1.82, 2.24) is 0 Å². The molecule has 3 aromatic rings. The highest BCUT2D eigenvalue weighted by Gasteiger charge is 2.14. The number of phenolic OH excluding ortho intramolecular Hbond substituents is 4. The van der Waals surface area contributed by atoms with E-state index in [1.807, 2.05) is 0 Å². The molecule has 6 heteroatoms. The third-order valence-corrected chi connectivity index (χ3v) is 4.71. The zero-order chi connectivity index (χ0) is 21.8. The van der Waals surface area contributed by atoms with Crippen molar-refractivity contribution in [2.45, 2.75) is 13.5 Å². The molecule has 0 bridgehead atoms. The first kappa shape index (κ1) is 20.8. The largest absolute Gasteiger partial charge is 0.508 e. The molecule has 0 aromatic heterocycles. The highest BCUT2D eigenvalue weighted by molar-refractivity contribution is 5.82. The van der Waals surface area contributed by atoms with Gasteiger partial charge in [0.15, 0.2) is 11.5 Å². The van der Waals surface area contributed by atoms with Crippen molar-refractivity contribution in [2.75, 3.05) is 0 Å². The first-order valence-corrected chi connectivity index (χ1v) is 9.16. The fourth-order valence-electron chi connectivity index (χ4n) is 2.93. The topological polar surface area (TPSA) is 121 Å². The van der Waals surface area contributed by atoms with Crippen LogP contribution in [0.3, 0.4) is 0 Å². The van der Waals surface area contributed by atoms with Gasteiger partial charge in [-0.2, -0.15) is 0 Å². The van der Waals surface area contributed by atoms with Gasteiger partial charge in [-0.15, -0.1) is 0 Å². The van der Waals surface area contributed by atoms with Crippen LogP contribution >= 0.6 is 0 Å². The molecule has 0 fully saturated rings. The first-order chi connectivity index (χ1) is 14.3. The minimum atomic E-state index is -0.638. The number of hydrogen-bond donors (Lipinski definition) is 6. The summed E-state index contributed by atoms with van der Waals surface area (Å²) in [5.74, 6) is -1.40. The fraction of sp³-hybridized carbons (Fsp3) is 0.0833. The molecule has 0 amide bonds. The van der Waals surface area contributed by atoms with Crippen LogP contribution in [0.1, 0.15) is 33.4 Å². The molecule has 6 N–H and O–H groups in total. The van der Waals surface area contributed by atoms with Gasteiger partial charge in [-0.3, -0.25) is 0 Å². The standard InChI is InChI=1S/C24H22O6/c1-14-10-15(4-8-20(14)26)2-6-17-12-18(23(29)24(30)22(17)28)7-3-16-5-9-21(27)19(11-16)13-25/h2-12,25-30H,13H2,1H3/b6-2+,7-3+. The van der Waals surface area contributed by atoms with Crippen molar-refractivity contribution in [3.05, 3.63) is 75.8 Å². The Morgan fingerprint density at radius 2 is 1.17 bits per heavy atom. The van der Waals surface area contributed by atoms with E-state index >= 15 is 0 Å². The maximum absolute atomic E-state index is 10.2. The number of aryl methyl sites for hydroxylation is 1. The third-order valence-electron chi connectivity index (χ3n) is 4.71. The van der Waals surface area contributed by atoms with Crippen LogP contribution in [-0.2, 0) is 6.61 Å². The molecule has 0 aliphatic rings. The summed E-state index contributed by atoms with van der Waals surface area (Å²) in [6.45, 7) is 1.45. The molecule has 0 aliphatic heterocycles. The lowest BCUT2D eigenvalue weighted by atomic mass is 10.0. The van der Waals surface area contributed by atoms with Crippen molar-refractivity contribution in [3.8, 4) is 28.7 Å². The second-order valence-electron chi connectivity index (χ2n) is 6.86. The summed E-state index contributed by atoms with van der Waals surface area (Å²) >= 11 is 0. The lowest BCUT2D eigenvalue weighted by molar-refractivity contribution is 0.275. The van der Waals surface area contributed by atoms with Gasteiger partial charge >= 0.3 is 0 Å². The Bertz CT molecular complexity index is 1140. The maximum Gasteiger partial charge on any atom is 0.201 e. The molecule has 0 spiro atoms. The number of benzene rings is 3. The zero-order valence-electron chi connectivity index (χ0n) is 16.2. The molecule has 154 valence electrons. The van der Waals surface area contributed by atoms with E-state index in [0.717, 1.165) is 5.56 Å². The summed E-state index contributed by atoms with van der Waals surface area (Å²) in [5.41, 5.74) is 3.08. The smallest absolute Gasteiger partial charge is 0.201 e. The van der Waals surface area contributed by atoms with Crippen molar-refractivity contribution >= 4 is 24.3 Å². The van der Waals surface area contributed by atoms with Gasteiger partial charge in [0.05, 0.1) is 6.61 Å². The van der Waals surface area contributed by atoms with E-state index in [-0.39, 0.29) is 29.2 Å². The van der Waals surface area contributed by atoms with Crippen LogP contribution in [-0.4, -0.2) is 30.6 Å². The van der Waals surface area contributed by atoms with E-state index in [1.165, 1.54) is 12.1 Å². The third kappa shape index (κ3) is 4.39. The molecular weight excluding hydrogens is 384 g/mol. The van der Waals surface area contributed by atoms with E-state index in [9.17, 15) is 30.6 Å². The maximum atomic E-state index is 10.2. The number of aliphatic hydroxyl groups is 1. The van der Waals surface area contributed by atoms with Gasteiger partial charge in [0.2, 0.25) is 5.75 Å². The molecule has 3 rings (SSSR count). The van der Waals surface area contributed by atoms with Crippen molar-refractivity contribution in [3.63, 3.8) is 0 Å². The number of aliphatic hydroxyl groups excluding tert-OH is 1. The Balaban J connectivity index is 1.95. The van der Waals surface area contributed by atoms with Gasteiger partial charge in [0.1, 0.15) is 11.5 Å². The lowest BCUT2D eigenvalue weighted by Crippen LogP contribution is -1.86. The van der Waals surface area contributed by atoms with Gasteiger partial charge < -0.3 is 30.6 Å². The van der Waals surface area contributed by atoms with E-state index < -0.39 is 17.2 Å². The summed E-state index contributed by atoms with van der Waals surface area (Å²) in [7, 11) is 0. The van der Waals surface area contributed by atoms with Crippen molar-refractivity contribution < 1.29 is 30.6 Å². The van der Waals surface area contributed by atoms with E-state index in [2.05, 4.69) is 0 Å². The van der Waals surface area contributed by atoms with Crippen LogP contribution in [0.15, 0.2) is 42.5 Å². The average molecular weight is 406 g/mol. The van der Waals surface area contributed by atoms with E-state index in [1.54, 1.807) is 61.6 Å². The summed E-state index contributed by atoms with van der Waals surface area (Å²) in [6.07, 6.45) is 6.48. The molecule has 6 nitrogen and oxygen atoms in total. The Hall–Kier alpha value is -3.90. The summed E-state index contributed by atoms with van der Waals surface area (Å²) < 4.78 is 0. The molecule has 0 aliphatic carbocycles. The Morgan fingerprint density at radius 3 is 1.70 bits per heavy atom. The second kappa shape index (κ2) is 8.63. The van der Waals surface area contributed by atoms with Gasteiger partial charge in [-0.05, 0) is 53.9 Å². The predicted octanol–water partition coefficient (Wildman–Crippen LogP) is 4.36. The van der Waals surface area contributed by atoms with Gasteiger partial charge in [-0.25, -0.2) is 0 Å². The molecule has 0 saturated carbocycles. The zero-order valence-corrected chi connectivity index (χ0v) is 16.2. The molecule has 0 unspecified atom stereocenters. The molecule has 0 saturated heterocycles. The summed E-state index contributed by atoms with van der Waals surface area (Å²) in [6, 6.07) is 11.2. The summed E-state index contributed by atoms with van der Waals surface area (Å²) in [4.78, 5) is 0. The molecule has 0 radical (unpaired) electrons. The lowest BCUT2D eigenvalue weighted by Gasteiger charge is -2.08. The normalized spacial score (nSPS) is 11.5. The molecule has 30 heavy (non-hydrogen) atoms. The molecule has 0 atom stereocenters. The van der Waals surface area contributed by atoms with Gasteiger partial charge in [-0.1, -0.05) is 36.4 Å². The van der Waals surface area contributed by atoms with Crippen LogP contribution in [0.4, 0.5) is 0 Å². The quantitative estimate of drug-likeness (QED) is 0.277. The van der Waals surface area contributed by atoms with Crippen LogP contribution in [0.2, 0.25) is 0 Å². The SMILES string of the molecule is Cc1cc(/C=C/c2cc(/C=C/c3ccc(O)c(CO)c3)c(O)c(O)c2O)ccc1O. The van der Waals surface area contributed by atoms with Gasteiger partial charge in [0, 0.05) is 16.7 Å². The van der Waals surface area contributed by atoms with Crippen LogP contribution < -0.4 is 0 Å². The molecule has 0 heterocycles. The molecule has 3 aromatic carbocycles. The minimum absolute atomic E-state index is 0.0170. The monoisotopic (exact) mass is 406 g/mol. The number of phenols is 5. The fourth-order valence-corrected chi connectivity index (χ4v) is 2.93. The van der Waals surface area contributed by atoms with E-state index in [0.29, 0.717) is 16.7 Å². The predicted molar refractivity (Wildman–Crippen MR) is 116 cm³/mol. The van der Waals surface area contributed by atoms with Crippen molar-refractivity contribution in [1.29, 1.82) is 0 Å². The summed E-state index contributed by atoms with van der Waals surface area (Å²) in [5, 5.41) is 59.0. The van der Waals surface area contributed by atoms with E-state index in [4.69, 9.17) is 0 Å². The Kier molecular flexibility index (Phi) is 5.99. The average Bonchev–Trinajstić information content (AvgIpc) is 2.74. The Labute approximate surface area is 173 Å². The van der Waals surface area contributed by atoms with Gasteiger partial charge in [0.25, 0.3) is 0 Å². The highest BCUT2D eigenvalue weighted by Crippen LogP contribution is 2.42. The number of rotatable bonds is 5. The van der Waals surface area contributed by atoms with Crippen LogP contribution in [0.5, 0.6) is 28.7 Å².